The second-order valence-corrected chi connectivity index (χ2v) is 5.09. The van der Waals surface area contributed by atoms with Gasteiger partial charge in [0.15, 0.2) is 0 Å². The van der Waals surface area contributed by atoms with E-state index in [2.05, 4.69) is 32.2 Å². The van der Waals surface area contributed by atoms with Crippen molar-refractivity contribution in [3.8, 4) is 0 Å². The quantitative estimate of drug-likeness (QED) is 0.808. The van der Waals surface area contributed by atoms with Gasteiger partial charge in [-0.1, -0.05) is 18.5 Å². The molecule has 2 atom stereocenters. The molecule has 0 spiro atoms. The summed E-state index contributed by atoms with van der Waals surface area (Å²) in [6, 6.07) is 5.02. The van der Waals surface area contributed by atoms with Crippen molar-refractivity contribution in [1.82, 2.24) is 5.32 Å². The molecule has 1 nitrogen and oxygen atoms in total. The second kappa shape index (κ2) is 4.99. The zero-order chi connectivity index (χ0) is 9.84. The second-order valence-electron chi connectivity index (χ2n) is 3.34. The first-order valence-corrected chi connectivity index (χ1v) is 5.84. The van der Waals surface area contributed by atoms with Gasteiger partial charge in [-0.05, 0) is 32.4 Å². The SMILES string of the molecule is CC[C@@H](C)N[C@@H](C)c1ccc(Cl)s1. The molecule has 0 amide bonds. The highest BCUT2D eigenvalue weighted by Gasteiger charge is 2.09. The van der Waals surface area contributed by atoms with Gasteiger partial charge in [0.25, 0.3) is 0 Å². The molecule has 3 heteroatoms. The van der Waals surface area contributed by atoms with E-state index in [1.807, 2.05) is 6.07 Å². The van der Waals surface area contributed by atoms with Gasteiger partial charge in [0.2, 0.25) is 0 Å². The van der Waals surface area contributed by atoms with Crippen molar-refractivity contribution in [3.05, 3.63) is 21.3 Å². The van der Waals surface area contributed by atoms with Crippen LogP contribution in [0.4, 0.5) is 0 Å². The van der Waals surface area contributed by atoms with Crippen molar-refractivity contribution in [2.24, 2.45) is 0 Å². The number of rotatable bonds is 4. The largest absolute Gasteiger partial charge is 0.307 e. The molecule has 74 valence electrons. The van der Waals surface area contributed by atoms with E-state index in [0.29, 0.717) is 12.1 Å². The lowest BCUT2D eigenvalue weighted by Crippen LogP contribution is -2.27. The highest BCUT2D eigenvalue weighted by atomic mass is 35.5. The maximum absolute atomic E-state index is 5.87. The van der Waals surface area contributed by atoms with E-state index in [1.54, 1.807) is 11.3 Å². The van der Waals surface area contributed by atoms with Gasteiger partial charge in [-0.25, -0.2) is 0 Å². The first-order valence-electron chi connectivity index (χ1n) is 4.64. The van der Waals surface area contributed by atoms with Crippen LogP contribution in [0.5, 0.6) is 0 Å². The highest BCUT2D eigenvalue weighted by molar-refractivity contribution is 7.16. The molecule has 1 rings (SSSR count). The fraction of sp³-hybridized carbons (Fsp3) is 0.600. The van der Waals surface area contributed by atoms with Crippen molar-refractivity contribution in [1.29, 1.82) is 0 Å². The van der Waals surface area contributed by atoms with Gasteiger partial charge in [-0.2, -0.15) is 0 Å². The number of hydrogen-bond acceptors (Lipinski definition) is 2. The number of halogens is 1. The topological polar surface area (TPSA) is 12.0 Å². The van der Waals surface area contributed by atoms with Crippen molar-refractivity contribution >= 4 is 22.9 Å². The lowest BCUT2D eigenvalue weighted by Gasteiger charge is -2.17. The van der Waals surface area contributed by atoms with E-state index >= 15 is 0 Å². The van der Waals surface area contributed by atoms with E-state index in [-0.39, 0.29) is 0 Å². The first kappa shape index (κ1) is 11.0. The maximum atomic E-state index is 5.87. The molecule has 0 radical (unpaired) electrons. The highest BCUT2D eigenvalue weighted by Crippen LogP contribution is 2.26. The lowest BCUT2D eigenvalue weighted by atomic mass is 10.2. The van der Waals surface area contributed by atoms with Crippen LogP contribution >= 0.6 is 22.9 Å². The van der Waals surface area contributed by atoms with Crippen molar-refractivity contribution in [3.63, 3.8) is 0 Å². The summed E-state index contributed by atoms with van der Waals surface area (Å²) >= 11 is 7.52. The average molecular weight is 218 g/mol. The Morgan fingerprint density at radius 2 is 2.15 bits per heavy atom. The van der Waals surface area contributed by atoms with Gasteiger partial charge in [-0.15, -0.1) is 11.3 Å². The Labute approximate surface area is 89.1 Å². The fourth-order valence-corrected chi connectivity index (χ4v) is 2.26. The Morgan fingerprint density at radius 3 is 2.62 bits per heavy atom. The molecular weight excluding hydrogens is 202 g/mol. The van der Waals surface area contributed by atoms with Crippen molar-refractivity contribution in [2.45, 2.75) is 39.3 Å². The lowest BCUT2D eigenvalue weighted by molar-refractivity contribution is 0.474. The third-order valence-electron chi connectivity index (χ3n) is 2.17. The monoisotopic (exact) mass is 217 g/mol. The molecule has 1 aromatic rings. The van der Waals surface area contributed by atoms with E-state index in [4.69, 9.17) is 11.6 Å². The summed E-state index contributed by atoms with van der Waals surface area (Å²) < 4.78 is 0.868. The Bertz CT molecular complexity index is 259. The van der Waals surface area contributed by atoms with Crippen molar-refractivity contribution < 1.29 is 0 Å². The van der Waals surface area contributed by atoms with Gasteiger partial charge >= 0.3 is 0 Å². The molecule has 0 unspecified atom stereocenters. The molecule has 1 N–H and O–H groups in total. The predicted octanol–water partition coefficient (Wildman–Crippen LogP) is 3.85. The van der Waals surface area contributed by atoms with Crippen LogP contribution < -0.4 is 5.32 Å². The molecule has 0 saturated heterocycles. The Hall–Kier alpha value is -0.0500. The zero-order valence-electron chi connectivity index (χ0n) is 8.30. The molecule has 0 aromatic carbocycles. The van der Waals surface area contributed by atoms with E-state index < -0.39 is 0 Å². The maximum Gasteiger partial charge on any atom is 0.0931 e. The fourth-order valence-electron chi connectivity index (χ4n) is 1.19. The Balaban J connectivity index is 2.53. The van der Waals surface area contributed by atoms with Crippen molar-refractivity contribution in [2.75, 3.05) is 0 Å². The van der Waals surface area contributed by atoms with E-state index in [1.165, 1.54) is 4.88 Å². The van der Waals surface area contributed by atoms with Crippen LogP contribution in [-0.4, -0.2) is 6.04 Å². The summed E-state index contributed by atoms with van der Waals surface area (Å²) in [5.41, 5.74) is 0. The standard InChI is InChI=1S/C10H16ClNS/c1-4-7(2)12-8(3)9-5-6-10(11)13-9/h5-8,12H,4H2,1-3H3/t7-,8+/m1/s1. The Kier molecular flexibility index (Phi) is 4.23. The summed E-state index contributed by atoms with van der Waals surface area (Å²) in [5.74, 6) is 0. The van der Waals surface area contributed by atoms with Crippen LogP contribution in [0.2, 0.25) is 4.34 Å². The Morgan fingerprint density at radius 1 is 1.46 bits per heavy atom. The molecule has 13 heavy (non-hydrogen) atoms. The number of nitrogens with one attached hydrogen (secondary N) is 1. The number of thiophene rings is 1. The summed E-state index contributed by atoms with van der Waals surface area (Å²) in [5, 5.41) is 3.51. The van der Waals surface area contributed by atoms with Crippen LogP contribution in [-0.2, 0) is 0 Å². The summed E-state index contributed by atoms with van der Waals surface area (Å²) in [6.07, 6.45) is 1.16. The van der Waals surface area contributed by atoms with Crippen LogP contribution in [0.25, 0.3) is 0 Å². The molecule has 1 aromatic heterocycles. The summed E-state index contributed by atoms with van der Waals surface area (Å²) in [4.78, 5) is 1.31. The average Bonchev–Trinajstić information content (AvgIpc) is 2.51. The molecule has 1 heterocycles. The van der Waals surface area contributed by atoms with Gasteiger partial charge in [0, 0.05) is 17.0 Å². The molecular formula is C10H16ClNS. The minimum absolute atomic E-state index is 0.410. The zero-order valence-corrected chi connectivity index (χ0v) is 9.88. The molecule has 0 aliphatic carbocycles. The molecule has 0 fully saturated rings. The predicted molar refractivity (Wildman–Crippen MR) is 60.6 cm³/mol. The van der Waals surface area contributed by atoms with Gasteiger partial charge in [0.05, 0.1) is 4.34 Å². The smallest absolute Gasteiger partial charge is 0.0931 e. The molecule has 0 saturated carbocycles. The molecule has 0 aliphatic heterocycles. The third-order valence-corrected chi connectivity index (χ3v) is 3.58. The number of hydrogen-bond donors (Lipinski definition) is 1. The van der Waals surface area contributed by atoms with Crippen LogP contribution in [0, 0.1) is 0 Å². The summed E-state index contributed by atoms with van der Waals surface area (Å²) in [7, 11) is 0. The van der Waals surface area contributed by atoms with Crippen LogP contribution in [0.3, 0.4) is 0 Å². The molecule has 0 aliphatic rings. The third kappa shape index (κ3) is 3.29. The van der Waals surface area contributed by atoms with E-state index in [0.717, 1.165) is 10.8 Å². The minimum atomic E-state index is 0.410. The van der Waals surface area contributed by atoms with Gasteiger partial charge in [-0.3, -0.25) is 0 Å². The van der Waals surface area contributed by atoms with Gasteiger partial charge in [0.1, 0.15) is 0 Å². The first-order chi connectivity index (χ1) is 6.13. The summed E-state index contributed by atoms with van der Waals surface area (Å²) in [6.45, 7) is 6.56. The van der Waals surface area contributed by atoms with Gasteiger partial charge < -0.3 is 5.32 Å². The molecule has 0 bridgehead atoms. The van der Waals surface area contributed by atoms with Crippen LogP contribution in [0.1, 0.15) is 38.1 Å². The van der Waals surface area contributed by atoms with E-state index in [9.17, 15) is 0 Å². The normalized spacial score (nSPS) is 15.7. The minimum Gasteiger partial charge on any atom is -0.307 e. The van der Waals surface area contributed by atoms with Crippen LogP contribution in [0.15, 0.2) is 12.1 Å².